The minimum atomic E-state index is -0.241. The molecule has 25 heavy (non-hydrogen) atoms. The Balaban J connectivity index is 1.76. The lowest BCUT2D eigenvalue weighted by molar-refractivity contribution is -0.123. The van der Waals surface area contributed by atoms with Gasteiger partial charge in [-0.3, -0.25) is 14.5 Å². The molecule has 7 heteroatoms. The predicted octanol–water partition coefficient (Wildman–Crippen LogP) is 3.18. The van der Waals surface area contributed by atoms with Gasteiger partial charge in [-0.25, -0.2) is 0 Å². The average molecular weight is 380 g/mol. The molecule has 0 spiro atoms. The van der Waals surface area contributed by atoms with Gasteiger partial charge in [0.05, 0.1) is 23.8 Å². The van der Waals surface area contributed by atoms with Crippen LogP contribution in [0.4, 0.5) is 5.69 Å². The van der Waals surface area contributed by atoms with E-state index in [0.29, 0.717) is 22.3 Å². The van der Waals surface area contributed by atoms with Crippen LogP contribution in [0, 0.1) is 0 Å². The number of carbonyl (C=O) groups is 2. The standard InChI is InChI=1S/C18H19Cl2N3O2/c1-23(12-18(25)22-16-9-5-4-8-15(16)20)11-17(24)21-10-13-6-2-3-7-14(13)19/h2-9H,10-12H2,1H3,(H,21,24)(H,22,25). The van der Waals surface area contributed by atoms with E-state index in [4.69, 9.17) is 23.2 Å². The van der Waals surface area contributed by atoms with E-state index in [0.717, 1.165) is 5.56 Å². The highest BCUT2D eigenvalue weighted by atomic mass is 35.5. The van der Waals surface area contributed by atoms with E-state index in [-0.39, 0.29) is 24.9 Å². The van der Waals surface area contributed by atoms with Crippen LogP contribution in [0.3, 0.4) is 0 Å². The SMILES string of the molecule is CN(CC(=O)NCc1ccccc1Cl)CC(=O)Nc1ccccc1Cl. The first-order valence-electron chi connectivity index (χ1n) is 7.68. The largest absolute Gasteiger partial charge is 0.351 e. The molecule has 2 aromatic rings. The number of carbonyl (C=O) groups excluding carboxylic acids is 2. The summed E-state index contributed by atoms with van der Waals surface area (Å²) in [6, 6.07) is 14.3. The molecule has 2 amide bonds. The molecule has 2 rings (SSSR count). The van der Waals surface area contributed by atoms with Gasteiger partial charge in [-0.1, -0.05) is 53.5 Å². The lowest BCUT2D eigenvalue weighted by Gasteiger charge is -2.16. The first kappa shape index (κ1) is 19.2. The number of nitrogens with one attached hydrogen (secondary N) is 2. The van der Waals surface area contributed by atoms with Crippen molar-refractivity contribution in [2.75, 3.05) is 25.5 Å². The topological polar surface area (TPSA) is 61.4 Å². The Hall–Kier alpha value is -2.08. The molecule has 0 aromatic heterocycles. The molecule has 0 unspecified atom stereocenters. The van der Waals surface area contributed by atoms with Gasteiger partial charge < -0.3 is 10.6 Å². The fourth-order valence-corrected chi connectivity index (χ4v) is 2.58. The van der Waals surface area contributed by atoms with Crippen LogP contribution in [0.25, 0.3) is 0 Å². The number of para-hydroxylation sites is 1. The number of hydrogen-bond donors (Lipinski definition) is 2. The van der Waals surface area contributed by atoms with E-state index in [9.17, 15) is 9.59 Å². The average Bonchev–Trinajstić information content (AvgIpc) is 2.56. The van der Waals surface area contributed by atoms with Crippen LogP contribution in [-0.2, 0) is 16.1 Å². The van der Waals surface area contributed by atoms with Crippen molar-refractivity contribution in [2.45, 2.75) is 6.54 Å². The van der Waals surface area contributed by atoms with E-state index < -0.39 is 0 Å². The van der Waals surface area contributed by atoms with Gasteiger partial charge in [0.25, 0.3) is 0 Å². The number of amides is 2. The Bertz CT molecular complexity index is 753. The van der Waals surface area contributed by atoms with Crippen molar-refractivity contribution < 1.29 is 9.59 Å². The maximum absolute atomic E-state index is 12.0. The zero-order valence-corrected chi connectivity index (χ0v) is 15.3. The highest BCUT2D eigenvalue weighted by Gasteiger charge is 2.12. The van der Waals surface area contributed by atoms with E-state index in [2.05, 4.69) is 10.6 Å². The second-order valence-electron chi connectivity index (χ2n) is 5.57. The summed E-state index contributed by atoms with van der Waals surface area (Å²) in [6.07, 6.45) is 0. The van der Waals surface area contributed by atoms with E-state index >= 15 is 0 Å². The Morgan fingerprint density at radius 1 is 0.920 bits per heavy atom. The summed E-state index contributed by atoms with van der Waals surface area (Å²) in [5, 5.41) is 6.58. The van der Waals surface area contributed by atoms with Crippen molar-refractivity contribution >= 4 is 40.7 Å². The van der Waals surface area contributed by atoms with E-state index in [1.165, 1.54) is 0 Å². The molecular weight excluding hydrogens is 361 g/mol. The van der Waals surface area contributed by atoms with Gasteiger partial charge in [0.2, 0.25) is 11.8 Å². The van der Waals surface area contributed by atoms with Gasteiger partial charge in [-0.05, 0) is 30.8 Å². The summed E-state index contributed by atoms with van der Waals surface area (Å²) < 4.78 is 0. The highest BCUT2D eigenvalue weighted by Crippen LogP contribution is 2.20. The molecule has 0 aliphatic carbocycles. The van der Waals surface area contributed by atoms with Crippen LogP contribution in [0.2, 0.25) is 10.0 Å². The van der Waals surface area contributed by atoms with Gasteiger partial charge in [0.15, 0.2) is 0 Å². The quantitative estimate of drug-likeness (QED) is 0.776. The summed E-state index contributed by atoms with van der Waals surface area (Å²) in [5.74, 6) is -0.428. The number of nitrogens with zero attached hydrogens (tertiary/aromatic N) is 1. The fourth-order valence-electron chi connectivity index (χ4n) is 2.19. The summed E-state index contributed by atoms with van der Waals surface area (Å²) >= 11 is 12.0. The smallest absolute Gasteiger partial charge is 0.238 e. The van der Waals surface area contributed by atoms with Crippen LogP contribution in [0.5, 0.6) is 0 Å². The number of anilines is 1. The lowest BCUT2D eigenvalue weighted by atomic mass is 10.2. The van der Waals surface area contributed by atoms with Gasteiger partial charge in [-0.2, -0.15) is 0 Å². The maximum atomic E-state index is 12.0. The molecule has 0 radical (unpaired) electrons. The minimum Gasteiger partial charge on any atom is -0.351 e. The molecular formula is C18H19Cl2N3O2. The Morgan fingerprint density at radius 2 is 1.52 bits per heavy atom. The number of likely N-dealkylation sites (N-methyl/N-ethyl adjacent to an activating group) is 1. The number of hydrogen-bond acceptors (Lipinski definition) is 3. The molecule has 5 nitrogen and oxygen atoms in total. The van der Waals surface area contributed by atoms with Crippen molar-refractivity contribution in [3.8, 4) is 0 Å². The predicted molar refractivity (Wildman–Crippen MR) is 101 cm³/mol. The summed E-state index contributed by atoms with van der Waals surface area (Å²) in [4.78, 5) is 25.6. The first-order chi connectivity index (χ1) is 12.0. The Labute approximate surface area is 156 Å². The summed E-state index contributed by atoms with van der Waals surface area (Å²) in [6.45, 7) is 0.517. The van der Waals surface area contributed by atoms with Gasteiger partial charge in [0, 0.05) is 11.6 Å². The molecule has 2 N–H and O–H groups in total. The molecule has 0 aliphatic heterocycles. The van der Waals surface area contributed by atoms with Crippen molar-refractivity contribution in [3.05, 3.63) is 64.1 Å². The van der Waals surface area contributed by atoms with Crippen LogP contribution >= 0.6 is 23.2 Å². The number of rotatable bonds is 7. The molecule has 0 atom stereocenters. The lowest BCUT2D eigenvalue weighted by Crippen LogP contribution is -2.38. The van der Waals surface area contributed by atoms with Crippen LogP contribution in [0.15, 0.2) is 48.5 Å². The third-order valence-electron chi connectivity index (χ3n) is 3.41. The minimum absolute atomic E-state index is 0.0741. The summed E-state index contributed by atoms with van der Waals surface area (Å²) in [7, 11) is 1.70. The molecule has 2 aromatic carbocycles. The molecule has 0 heterocycles. The Kier molecular flexibility index (Phi) is 7.25. The van der Waals surface area contributed by atoms with Crippen molar-refractivity contribution in [2.24, 2.45) is 0 Å². The molecule has 0 bridgehead atoms. The van der Waals surface area contributed by atoms with Gasteiger partial charge >= 0.3 is 0 Å². The van der Waals surface area contributed by atoms with Crippen LogP contribution in [-0.4, -0.2) is 36.9 Å². The van der Waals surface area contributed by atoms with E-state index in [1.807, 2.05) is 18.2 Å². The molecule has 0 saturated carbocycles. The highest BCUT2D eigenvalue weighted by molar-refractivity contribution is 6.33. The zero-order valence-electron chi connectivity index (χ0n) is 13.8. The third kappa shape index (κ3) is 6.38. The van der Waals surface area contributed by atoms with Gasteiger partial charge in [-0.15, -0.1) is 0 Å². The zero-order chi connectivity index (χ0) is 18.2. The second kappa shape index (κ2) is 9.42. The number of halogens is 2. The molecule has 132 valence electrons. The van der Waals surface area contributed by atoms with Crippen molar-refractivity contribution in [1.82, 2.24) is 10.2 Å². The maximum Gasteiger partial charge on any atom is 0.238 e. The molecule has 0 fully saturated rings. The van der Waals surface area contributed by atoms with Crippen LogP contribution < -0.4 is 10.6 Å². The molecule has 0 saturated heterocycles. The number of benzene rings is 2. The van der Waals surface area contributed by atoms with Crippen molar-refractivity contribution in [3.63, 3.8) is 0 Å². The monoisotopic (exact) mass is 379 g/mol. The Morgan fingerprint density at radius 3 is 2.20 bits per heavy atom. The van der Waals surface area contributed by atoms with Crippen LogP contribution in [0.1, 0.15) is 5.56 Å². The van der Waals surface area contributed by atoms with E-state index in [1.54, 1.807) is 42.3 Å². The summed E-state index contributed by atoms with van der Waals surface area (Å²) in [5.41, 5.74) is 1.39. The fraction of sp³-hybridized carbons (Fsp3) is 0.222. The van der Waals surface area contributed by atoms with Gasteiger partial charge in [0.1, 0.15) is 0 Å². The van der Waals surface area contributed by atoms with Crippen molar-refractivity contribution in [1.29, 1.82) is 0 Å². The second-order valence-corrected chi connectivity index (χ2v) is 6.38. The molecule has 0 aliphatic rings. The normalized spacial score (nSPS) is 10.6. The first-order valence-corrected chi connectivity index (χ1v) is 8.44. The third-order valence-corrected chi connectivity index (χ3v) is 4.11.